The van der Waals surface area contributed by atoms with Crippen molar-refractivity contribution in [1.82, 2.24) is 15.0 Å². The summed E-state index contributed by atoms with van der Waals surface area (Å²) >= 11 is 0. The Balaban J connectivity index is 2.02. The molecule has 0 saturated carbocycles. The SMILES string of the molecule is NC(=O)C1CCN(c2cc(C(F)(F)F)nc(-c3ccncc3)n2)C1. The molecule has 3 rings (SSSR count). The predicted molar refractivity (Wildman–Crippen MR) is 79.8 cm³/mol. The van der Waals surface area contributed by atoms with Gasteiger partial charge in [-0.3, -0.25) is 9.78 Å². The van der Waals surface area contributed by atoms with Gasteiger partial charge in [0.05, 0.1) is 5.92 Å². The number of primary amides is 1. The van der Waals surface area contributed by atoms with Crippen molar-refractivity contribution in [3.8, 4) is 11.4 Å². The van der Waals surface area contributed by atoms with Gasteiger partial charge in [0.25, 0.3) is 0 Å². The number of carbonyl (C=O) groups is 1. The molecule has 2 N–H and O–H groups in total. The first kappa shape index (κ1) is 16.2. The lowest BCUT2D eigenvalue weighted by molar-refractivity contribution is -0.141. The summed E-state index contributed by atoms with van der Waals surface area (Å²) < 4.78 is 39.5. The van der Waals surface area contributed by atoms with E-state index in [1.165, 1.54) is 24.5 Å². The van der Waals surface area contributed by atoms with E-state index < -0.39 is 23.7 Å². The molecular weight excluding hydrogens is 323 g/mol. The maximum absolute atomic E-state index is 13.2. The van der Waals surface area contributed by atoms with Gasteiger partial charge in [0.1, 0.15) is 5.82 Å². The molecule has 0 radical (unpaired) electrons. The number of hydrogen-bond acceptors (Lipinski definition) is 5. The van der Waals surface area contributed by atoms with Gasteiger partial charge in [-0.25, -0.2) is 9.97 Å². The number of carbonyl (C=O) groups excluding carboxylic acids is 1. The van der Waals surface area contributed by atoms with Crippen molar-refractivity contribution < 1.29 is 18.0 Å². The van der Waals surface area contributed by atoms with E-state index in [2.05, 4.69) is 15.0 Å². The first-order valence-electron chi connectivity index (χ1n) is 7.25. The second-order valence-corrected chi connectivity index (χ2v) is 5.50. The number of nitrogens with two attached hydrogens (primary N) is 1. The number of alkyl halides is 3. The highest BCUT2D eigenvalue weighted by Gasteiger charge is 2.35. The Morgan fingerprint density at radius 2 is 1.96 bits per heavy atom. The number of halogens is 3. The molecule has 1 aliphatic rings. The second kappa shape index (κ2) is 6.06. The van der Waals surface area contributed by atoms with Crippen molar-refractivity contribution in [3.05, 3.63) is 36.3 Å². The Bertz CT molecular complexity index is 751. The van der Waals surface area contributed by atoms with E-state index in [0.29, 0.717) is 18.5 Å². The zero-order chi connectivity index (χ0) is 17.3. The topological polar surface area (TPSA) is 85.0 Å². The maximum Gasteiger partial charge on any atom is 0.433 e. The summed E-state index contributed by atoms with van der Waals surface area (Å²) in [7, 11) is 0. The Kier molecular flexibility index (Phi) is 4.08. The molecule has 3 heterocycles. The highest BCUT2D eigenvalue weighted by molar-refractivity contribution is 5.78. The molecule has 0 spiro atoms. The number of amides is 1. The zero-order valence-electron chi connectivity index (χ0n) is 12.5. The quantitative estimate of drug-likeness (QED) is 0.924. The van der Waals surface area contributed by atoms with E-state index >= 15 is 0 Å². The van der Waals surface area contributed by atoms with Gasteiger partial charge in [0.2, 0.25) is 5.91 Å². The van der Waals surface area contributed by atoms with E-state index in [4.69, 9.17) is 5.73 Å². The van der Waals surface area contributed by atoms with Crippen LogP contribution in [-0.4, -0.2) is 33.9 Å². The minimum Gasteiger partial charge on any atom is -0.369 e. The molecule has 2 aromatic rings. The van der Waals surface area contributed by atoms with Crippen LogP contribution in [0.5, 0.6) is 0 Å². The molecule has 1 fully saturated rings. The summed E-state index contributed by atoms with van der Waals surface area (Å²) in [5, 5.41) is 0. The van der Waals surface area contributed by atoms with E-state index in [1.807, 2.05) is 0 Å². The molecule has 0 bridgehead atoms. The molecule has 126 valence electrons. The van der Waals surface area contributed by atoms with Crippen LogP contribution >= 0.6 is 0 Å². The monoisotopic (exact) mass is 337 g/mol. The molecule has 0 aromatic carbocycles. The fourth-order valence-electron chi connectivity index (χ4n) is 2.57. The third kappa shape index (κ3) is 3.29. The van der Waals surface area contributed by atoms with Crippen LogP contribution in [0.4, 0.5) is 19.0 Å². The Morgan fingerprint density at radius 1 is 1.25 bits per heavy atom. The molecule has 1 saturated heterocycles. The fourth-order valence-corrected chi connectivity index (χ4v) is 2.57. The molecule has 1 amide bonds. The number of pyridine rings is 1. The number of nitrogens with zero attached hydrogens (tertiary/aromatic N) is 4. The fraction of sp³-hybridized carbons (Fsp3) is 0.333. The van der Waals surface area contributed by atoms with E-state index in [1.54, 1.807) is 4.90 Å². The van der Waals surface area contributed by atoms with E-state index in [9.17, 15) is 18.0 Å². The van der Waals surface area contributed by atoms with Gasteiger partial charge in [-0.15, -0.1) is 0 Å². The van der Waals surface area contributed by atoms with Crippen LogP contribution in [0.25, 0.3) is 11.4 Å². The average Bonchev–Trinajstić information content (AvgIpc) is 3.05. The summed E-state index contributed by atoms with van der Waals surface area (Å²) in [5.41, 5.74) is 4.68. The summed E-state index contributed by atoms with van der Waals surface area (Å²) in [6, 6.07) is 3.97. The normalized spacial score (nSPS) is 18.0. The first-order chi connectivity index (χ1) is 11.3. The van der Waals surface area contributed by atoms with Crippen molar-refractivity contribution in [2.24, 2.45) is 11.7 Å². The molecule has 1 aliphatic heterocycles. The van der Waals surface area contributed by atoms with Crippen LogP contribution in [0.1, 0.15) is 12.1 Å². The number of hydrogen-bond donors (Lipinski definition) is 1. The Morgan fingerprint density at radius 3 is 2.54 bits per heavy atom. The molecule has 0 aliphatic carbocycles. The van der Waals surface area contributed by atoms with Crippen molar-refractivity contribution in [3.63, 3.8) is 0 Å². The number of aromatic nitrogens is 3. The van der Waals surface area contributed by atoms with Crippen LogP contribution in [0.15, 0.2) is 30.6 Å². The zero-order valence-corrected chi connectivity index (χ0v) is 12.5. The van der Waals surface area contributed by atoms with Gasteiger partial charge < -0.3 is 10.6 Å². The summed E-state index contributed by atoms with van der Waals surface area (Å²) in [4.78, 5) is 24.6. The molecule has 1 atom stereocenters. The van der Waals surface area contributed by atoms with Gasteiger partial charge in [-0.05, 0) is 18.6 Å². The van der Waals surface area contributed by atoms with Crippen molar-refractivity contribution in [1.29, 1.82) is 0 Å². The van der Waals surface area contributed by atoms with Crippen molar-refractivity contribution in [2.45, 2.75) is 12.6 Å². The molecule has 9 heteroatoms. The third-order valence-electron chi connectivity index (χ3n) is 3.86. The molecule has 6 nitrogen and oxygen atoms in total. The predicted octanol–water partition coefficient (Wildman–Crippen LogP) is 1.87. The average molecular weight is 337 g/mol. The highest BCUT2D eigenvalue weighted by atomic mass is 19.4. The lowest BCUT2D eigenvalue weighted by atomic mass is 10.1. The van der Waals surface area contributed by atoms with Gasteiger partial charge in [0, 0.05) is 37.1 Å². The van der Waals surface area contributed by atoms with Crippen molar-refractivity contribution >= 4 is 11.7 Å². The second-order valence-electron chi connectivity index (χ2n) is 5.50. The van der Waals surface area contributed by atoms with E-state index in [-0.39, 0.29) is 18.2 Å². The summed E-state index contributed by atoms with van der Waals surface area (Å²) in [6.45, 7) is 0.664. The molecule has 1 unspecified atom stereocenters. The third-order valence-corrected chi connectivity index (χ3v) is 3.86. The van der Waals surface area contributed by atoms with E-state index in [0.717, 1.165) is 6.07 Å². The smallest absolute Gasteiger partial charge is 0.369 e. The van der Waals surface area contributed by atoms with Crippen molar-refractivity contribution in [2.75, 3.05) is 18.0 Å². The van der Waals surface area contributed by atoms with Crippen LogP contribution in [-0.2, 0) is 11.0 Å². The summed E-state index contributed by atoms with van der Waals surface area (Å²) in [6.07, 6.45) is -1.19. The largest absolute Gasteiger partial charge is 0.433 e. The van der Waals surface area contributed by atoms with Gasteiger partial charge in [0.15, 0.2) is 11.5 Å². The van der Waals surface area contributed by atoms with Crippen LogP contribution in [0, 0.1) is 5.92 Å². The Hall–Kier alpha value is -2.71. The molecule has 2 aromatic heterocycles. The highest BCUT2D eigenvalue weighted by Crippen LogP contribution is 2.33. The summed E-state index contributed by atoms with van der Waals surface area (Å²) in [5.74, 6) is -0.756. The van der Waals surface area contributed by atoms with Gasteiger partial charge in [-0.2, -0.15) is 13.2 Å². The van der Waals surface area contributed by atoms with Crippen LogP contribution in [0.3, 0.4) is 0 Å². The number of anilines is 1. The standard InChI is InChI=1S/C15H14F3N5O/c16-15(17,18)11-7-12(23-6-3-10(8-23)13(19)24)22-14(21-11)9-1-4-20-5-2-9/h1-2,4-5,7,10H,3,6,8H2,(H2,19,24). The minimum absolute atomic E-state index is 0.0373. The lowest BCUT2D eigenvalue weighted by Gasteiger charge is -2.19. The number of rotatable bonds is 3. The minimum atomic E-state index is -4.59. The maximum atomic E-state index is 13.2. The van der Waals surface area contributed by atoms with Gasteiger partial charge in [-0.1, -0.05) is 0 Å². The first-order valence-corrected chi connectivity index (χ1v) is 7.25. The molecular formula is C15H14F3N5O. The van der Waals surface area contributed by atoms with Crippen LogP contribution in [0.2, 0.25) is 0 Å². The van der Waals surface area contributed by atoms with Gasteiger partial charge >= 0.3 is 6.18 Å². The lowest BCUT2D eigenvalue weighted by Crippen LogP contribution is -2.28. The van der Waals surface area contributed by atoms with Crippen LogP contribution < -0.4 is 10.6 Å². The molecule has 24 heavy (non-hydrogen) atoms. The Labute approximate surface area is 135 Å².